The lowest BCUT2D eigenvalue weighted by molar-refractivity contribution is 0.0526. The Morgan fingerprint density at radius 1 is 0.973 bits per heavy atom. The van der Waals surface area contributed by atoms with Gasteiger partial charge in [0.1, 0.15) is 29.1 Å². The van der Waals surface area contributed by atoms with Crippen molar-refractivity contribution >= 4 is 11.8 Å². The first kappa shape index (κ1) is 24.8. The lowest BCUT2D eigenvalue weighted by Crippen LogP contribution is -2.26. The van der Waals surface area contributed by atoms with Gasteiger partial charge in [-0.25, -0.2) is 9.48 Å². The molecule has 0 aliphatic heterocycles. The van der Waals surface area contributed by atoms with Gasteiger partial charge in [0, 0.05) is 24.4 Å². The lowest BCUT2D eigenvalue weighted by atomic mass is 9.96. The van der Waals surface area contributed by atoms with Crippen LogP contribution >= 0.6 is 0 Å². The van der Waals surface area contributed by atoms with Gasteiger partial charge in [0.2, 0.25) is 0 Å². The van der Waals surface area contributed by atoms with Crippen LogP contribution in [0.25, 0.3) is 22.5 Å². The van der Waals surface area contributed by atoms with Gasteiger partial charge in [-0.1, -0.05) is 12.1 Å². The minimum atomic E-state index is -0.712. The van der Waals surface area contributed by atoms with Crippen LogP contribution in [-0.4, -0.2) is 26.5 Å². The van der Waals surface area contributed by atoms with E-state index in [4.69, 9.17) is 10.5 Å². The van der Waals surface area contributed by atoms with E-state index >= 15 is 0 Å². The Bertz CT molecular complexity index is 1730. The fourth-order valence-electron chi connectivity index (χ4n) is 4.12. The SMILES string of the molecule is CCOC(=O)c1ccc(-n2c(N)c(C#N)c(-c3ccc(-n4c(=O)cc(C)n4C)cc3)c(C#N)c2=O)cc1. The Morgan fingerprint density at radius 2 is 1.57 bits per heavy atom. The van der Waals surface area contributed by atoms with Gasteiger partial charge >= 0.3 is 5.97 Å². The number of ether oxygens (including phenoxy) is 1. The highest BCUT2D eigenvalue weighted by Gasteiger charge is 2.23. The molecule has 2 heterocycles. The molecular formula is C27H22N6O4. The Balaban J connectivity index is 1.86. The molecule has 0 amide bonds. The summed E-state index contributed by atoms with van der Waals surface area (Å²) in [6.07, 6.45) is 0. The van der Waals surface area contributed by atoms with Crippen LogP contribution in [0, 0.1) is 29.6 Å². The first-order valence-electron chi connectivity index (χ1n) is 11.3. The van der Waals surface area contributed by atoms with Crippen LogP contribution in [0.3, 0.4) is 0 Å². The zero-order valence-electron chi connectivity index (χ0n) is 20.3. The number of pyridine rings is 1. The number of nitrogens with two attached hydrogens (primary N) is 1. The lowest BCUT2D eigenvalue weighted by Gasteiger charge is -2.16. The van der Waals surface area contributed by atoms with Crippen LogP contribution in [0.15, 0.2) is 64.2 Å². The quantitative estimate of drug-likeness (QED) is 0.419. The van der Waals surface area contributed by atoms with Crippen molar-refractivity contribution in [2.45, 2.75) is 13.8 Å². The van der Waals surface area contributed by atoms with Gasteiger partial charge in [-0.15, -0.1) is 0 Å². The molecule has 0 atom stereocenters. The summed E-state index contributed by atoms with van der Waals surface area (Å²) in [5.74, 6) is -0.667. The highest BCUT2D eigenvalue weighted by Crippen LogP contribution is 2.31. The van der Waals surface area contributed by atoms with Crippen molar-refractivity contribution in [2.75, 3.05) is 12.3 Å². The number of aromatic nitrogens is 3. The number of benzene rings is 2. The third-order valence-electron chi connectivity index (χ3n) is 6.03. The molecule has 2 aromatic heterocycles. The normalized spacial score (nSPS) is 10.5. The molecule has 10 nitrogen and oxygen atoms in total. The zero-order valence-corrected chi connectivity index (χ0v) is 20.3. The van der Waals surface area contributed by atoms with E-state index in [0.29, 0.717) is 11.3 Å². The molecule has 0 unspecified atom stereocenters. The van der Waals surface area contributed by atoms with Crippen molar-refractivity contribution in [3.8, 4) is 34.6 Å². The molecule has 2 aromatic carbocycles. The van der Waals surface area contributed by atoms with Crippen molar-refractivity contribution in [1.29, 1.82) is 10.5 Å². The number of aryl methyl sites for hydroxylation is 1. The maximum absolute atomic E-state index is 13.4. The van der Waals surface area contributed by atoms with Crippen molar-refractivity contribution in [3.63, 3.8) is 0 Å². The van der Waals surface area contributed by atoms with E-state index < -0.39 is 11.5 Å². The van der Waals surface area contributed by atoms with E-state index in [9.17, 15) is 24.9 Å². The smallest absolute Gasteiger partial charge is 0.338 e. The second-order valence-electron chi connectivity index (χ2n) is 8.15. The minimum absolute atomic E-state index is 0.0507. The summed E-state index contributed by atoms with van der Waals surface area (Å²) < 4.78 is 9.21. The van der Waals surface area contributed by atoms with E-state index in [0.717, 1.165) is 10.3 Å². The molecule has 0 bridgehead atoms. The van der Waals surface area contributed by atoms with Crippen molar-refractivity contribution in [2.24, 2.45) is 7.05 Å². The van der Waals surface area contributed by atoms with Crippen LogP contribution in [0.2, 0.25) is 0 Å². The average molecular weight is 495 g/mol. The number of hydrogen-bond acceptors (Lipinski definition) is 7. The summed E-state index contributed by atoms with van der Waals surface area (Å²) >= 11 is 0. The molecule has 0 saturated carbocycles. The van der Waals surface area contributed by atoms with Crippen LogP contribution in [0.1, 0.15) is 34.1 Å². The summed E-state index contributed by atoms with van der Waals surface area (Å²) in [4.78, 5) is 37.7. The predicted octanol–water partition coefficient (Wildman–Crippen LogP) is 2.80. The van der Waals surface area contributed by atoms with Gasteiger partial charge < -0.3 is 10.5 Å². The Kier molecular flexibility index (Phi) is 6.51. The largest absolute Gasteiger partial charge is 0.462 e. The molecule has 184 valence electrons. The van der Waals surface area contributed by atoms with Crippen LogP contribution in [0.4, 0.5) is 5.82 Å². The summed E-state index contributed by atoms with van der Waals surface area (Å²) in [7, 11) is 1.76. The zero-order chi connectivity index (χ0) is 26.9. The first-order valence-corrected chi connectivity index (χ1v) is 11.3. The number of esters is 1. The highest BCUT2D eigenvalue weighted by atomic mass is 16.5. The molecule has 37 heavy (non-hydrogen) atoms. The molecule has 0 radical (unpaired) electrons. The number of carbonyl (C=O) groups excluding carboxylic acids is 1. The first-order chi connectivity index (χ1) is 17.7. The van der Waals surface area contributed by atoms with Crippen LogP contribution < -0.4 is 16.9 Å². The third-order valence-corrected chi connectivity index (χ3v) is 6.03. The molecule has 0 spiro atoms. The maximum atomic E-state index is 13.4. The van der Waals surface area contributed by atoms with Crippen LogP contribution in [0.5, 0.6) is 0 Å². The second-order valence-corrected chi connectivity index (χ2v) is 8.15. The Morgan fingerprint density at radius 3 is 2.08 bits per heavy atom. The summed E-state index contributed by atoms with van der Waals surface area (Å²) in [5, 5.41) is 19.9. The van der Waals surface area contributed by atoms with E-state index in [1.54, 1.807) is 42.9 Å². The number of nitriles is 2. The van der Waals surface area contributed by atoms with Crippen molar-refractivity contribution in [1.82, 2.24) is 13.9 Å². The van der Waals surface area contributed by atoms with Gasteiger partial charge in [-0.2, -0.15) is 10.5 Å². The van der Waals surface area contributed by atoms with E-state index in [1.165, 1.54) is 35.0 Å². The standard InChI is InChI=1S/C27H22N6O4/c1-4-37-27(36)18-7-9-19(10-8-18)32-25(30)21(14-28)24(22(15-29)26(32)35)17-5-11-20(12-6-17)33-23(34)13-16(2)31(33)3/h5-13H,4,30H2,1-3H3. The van der Waals surface area contributed by atoms with Crippen molar-refractivity contribution < 1.29 is 9.53 Å². The van der Waals surface area contributed by atoms with Gasteiger partial charge in [0.05, 0.1) is 23.5 Å². The molecule has 0 aliphatic rings. The number of carbonyl (C=O) groups is 1. The van der Waals surface area contributed by atoms with E-state index in [-0.39, 0.29) is 45.9 Å². The molecule has 4 aromatic rings. The Labute approximate surface area is 211 Å². The molecule has 0 saturated heterocycles. The van der Waals surface area contributed by atoms with Gasteiger partial charge in [0.25, 0.3) is 11.1 Å². The number of rotatable bonds is 5. The second kappa shape index (κ2) is 9.72. The topological polar surface area (TPSA) is 149 Å². The fourth-order valence-corrected chi connectivity index (χ4v) is 4.12. The molecule has 10 heteroatoms. The molecule has 0 aliphatic carbocycles. The predicted molar refractivity (Wildman–Crippen MR) is 137 cm³/mol. The average Bonchev–Trinajstić information content (AvgIpc) is 3.15. The highest BCUT2D eigenvalue weighted by molar-refractivity contribution is 5.89. The molecule has 2 N–H and O–H groups in total. The summed E-state index contributed by atoms with van der Waals surface area (Å²) in [5.41, 5.74) is 7.50. The van der Waals surface area contributed by atoms with Crippen LogP contribution in [-0.2, 0) is 11.8 Å². The number of nitrogen functional groups attached to an aromatic ring is 1. The Hall–Kier alpha value is -5.35. The number of anilines is 1. The molecule has 4 rings (SSSR count). The van der Waals surface area contributed by atoms with Gasteiger partial charge in [0.15, 0.2) is 0 Å². The monoisotopic (exact) mass is 494 g/mol. The fraction of sp³-hybridized carbons (Fsp3) is 0.148. The molecule has 0 fully saturated rings. The minimum Gasteiger partial charge on any atom is -0.462 e. The number of hydrogen-bond donors (Lipinski definition) is 1. The van der Waals surface area contributed by atoms with Gasteiger partial charge in [-0.05, 0) is 55.8 Å². The van der Waals surface area contributed by atoms with Gasteiger partial charge in [-0.3, -0.25) is 18.8 Å². The van der Waals surface area contributed by atoms with E-state index in [2.05, 4.69) is 0 Å². The third kappa shape index (κ3) is 4.17. The molecular weight excluding hydrogens is 472 g/mol. The summed E-state index contributed by atoms with van der Waals surface area (Å²) in [6.45, 7) is 3.72. The van der Waals surface area contributed by atoms with E-state index in [1.807, 2.05) is 19.1 Å². The van der Waals surface area contributed by atoms with Crippen molar-refractivity contribution in [3.05, 3.63) is 97.7 Å². The number of nitrogens with zero attached hydrogens (tertiary/aromatic N) is 5. The maximum Gasteiger partial charge on any atom is 0.338 e. The summed E-state index contributed by atoms with van der Waals surface area (Å²) in [6, 6.07) is 17.9.